The normalized spacial score (nSPS) is 13.4. The molecule has 0 spiro atoms. The number of sulfone groups is 1. The van der Waals surface area contributed by atoms with Gasteiger partial charge in [0.15, 0.2) is 9.84 Å². The van der Waals surface area contributed by atoms with Crippen LogP contribution < -0.4 is 10.6 Å². The minimum atomic E-state index is -3.36. The van der Waals surface area contributed by atoms with Crippen molar-refractivity contribution in [3.8, 4) is 0 Å². The van der Waals surface area contributed by atoms with Crippen LogP contribution in [0.4, 0.5) is 15.5 Å². The first-order chi connectivity index (χ1) is 11.8. The number of para-hydroxylation sites is 1. The fraction of sp³-hybridized carbons (Fsp3) is 0.235. The molecule has 0 bridgehead atoms. The number of allylic oxidation sites excluding steroid dienone is 1. The number of aryl methyl sites for hydroxylation is 1. The first-order valence-corrected chi connectivity index (χ1v) is 10.7. The standard InChI is InChI=1S/C17H17ClN2O3S2/c1-10-6-5-9-13(18)14(10)19-17(21)20-15-11-7-3-4-8-12(11)16(24-15)25(2,22)23/h4-6,8-9H,3,7H2,1-2H3,(H2,19,20,21). The molecule has 0 saturated carbocycles. The molecule has 1 aliphatic rings. The van der Waals surface area contributed by atoms with Crippen LogP contribution in [0.15, 0.2) is 28.5 Å². The van der Waals surface area contributed by atoms with Gasteiger partial charge in [0, 0.05) is 11.8 Å². The summed E-state index contributed by atoms with van der Waals surface area (Å²) in [6.45, 7) is 1.85. The van der Waals surface area contributed by atoms with Crippen LogP contribution in [0.25, 0.3) is 6.08 Å². The quantitative estimate of drug-likeness (QED) is 0.788. The number of carbonyl (C=O) groups is 1. The van der Waals surface area contributed by atoms with Gasteiger partial charge < -0.3 is 5.32 Å². The average molecular weight is 397 g/mol. The van der Waals surface area contributed by atoms with E-state index in [1.54, 1.807) is 12.1 Å². The van der Waals surface area contributed by atoms with Gasteiger partial charge in [-0.3, -0.25) is 5.32 Å². The lowest BCUT2D eigenvalue weighted by Gasteiger charge is -2.12. The molecule has 0 radical (unpaired) electrons. The van der Waals surface area contributed by atoms with Crippen molar-refractivity contribution in [2.24, 2.45) is 0 Å². The van der Waals surface area contributed by atoms with Gasteiger partial charge in [-0.25, -0.2) is 13.2 Å². The van der Waals surface area contributed by atoms with Crippen LogP contribution in [0.3, 0.4) is 0 Å². The van der Waals surface area contributed by atoms with Crippen LogP contribution in [0, 0.1) is 6.92 Å². The molecule has 0 atom stereocenters. The second-order valence-corrected chi connectivity index (χ2v) is 9.47. The molecule has 8 heteroatoms. The van der Waals surface area contributed by atoms with Crippen LogP contribution in [0.2, 0.25) is 5.02 Å². The van der Waals surface area contributed by atoms with Crippen molar-refractivity contribution in [2.75, 3.05) is 16.9 Å². The Morgan fingerprint density at radius 2 is 2.04 bits per heavy atom. The van der Waals surface area contributed by atoms with Crippen molar-refractivity contribution >= 4 is 55.6 Å². The zero-order chi connectivity index (χ0) is 18.2. The van der Waals surface area contributed by atoms with Gasteiger partial charge in [-0.05, 0) is 37.0 Å². The van der Waals surface area contributed by atoms with E-state index in [2.05, 4.69) is 10.6 Å². The lowest BCUT2D eigenvalue weighted by molar-refractivity contribution is 0.262. The summed E-state index contributed by atoms with van der Waals surface area (Å²) in [6.07, 6.45) is 6.44. The predicted molar refractivity (Wildman–Crippen MR) is 104 cm³/mol. The first kappa shape index (κ1) is 18.0. The maximum atomic E-state index is 12.4. The number of urea groups is 1. The summed E-state index contributed by atoms with van der Waals surface area (Å²) in [6, 6.07) is 4.90. The third-order valence-corrected chi connectivity index (χ3v) is 7.21. The van der Waals surface area contributed by atoms with Crippen LogP contribution in [0.1, 0.15) is 23.1 Å². The van der Waals surface area contributed by atoms with E-state index in [0.29, 0.717) is 27.7 Å². The van der Waals surface area contributed by atoms with Crippen molar-refractivity contribution < 1.29 is 13.2 Å². The van der Waals surface area contributed by atoms with Gasteiger partial charge in [-0.1, -0.05) is 35.9 Å². The Hall–Kier alpha value is -1.83. The largest absolute Gasteiger partial charge is 0.324 e. The first-order valence-electron chi connectivity index (χ1n) is 7.62. The second-order valence-electron chi connectivity index (χ2n) is 5.83. The second kappa shape index (κ2) is 6.82. The monoisotopic (exact) mass is 396 g/mol. The molecule has 2 N–H and O–H groups in total. The molecule has 0 unspecified atom stereocenters. The molecule has 1 aromatic carbocycles. The van der Waals surface area contributed by atoms with Crippen LogP contribution in [-0.2, 0) is 16.3 Å². The lowest BCUT2D eigenvalue weighted by Crippen LogP contribution is -2.20. The summed E-state index contributed by atoms with van der Waals surface area (Å²) in [4.78, 5) is 12.4. The molecular weight excluding hydrogens is 380 g/mol. The van der Waals surface area contributed by atoms with Gasteiger partial charge in [0.25, 0.3) is 0 Å². The van der Waals surface area contributed by atoms with Crippen molar-refractivity contribution in [3.05, 3.63) is 46.0 Å². The fourth-order valence-electron chi connectivity index (χ4n) is 2.72. The number of hydrogen-bond acceptors (Lipinski definition) is 4. The van der Waals surface area contributed by atoms with Crippen molar-refractivity contribution in [1.82, 2.24) is 0 Å². The smallest absolute Gasteiger partial charge is 0.306 e. The van der Waals surface area contributed by atoms with Gasteiger partial charge in [0.2, 0.25) is 0 Å². The van der Waals surface area contributed by atoms with Gasteiger partial charge in [0.05, 0.1) is 10.7 Å². The Labute approximate surface area is 155 Å². The maximum Gasteiger partial charge on any atom is 0.324 e. The molecule has 1 aromatic heterocycles. The number of anilines is 2. The molecule has 0 aliphatic heterocycles. The van der Waals surface area contributed by atoms with Gasteiger partial charge in [0.1, 0.15) is 9.21 Å². The highest BCUT2D eigenvalue weighted by Gasteiger charge is 2.25. The Morgan fingerprint density at radius 1 is 1.28 bits per heavy atom. The highest BCUT2D eigenvalue weighted by Crippen LogP contribution is 2.40. The van der Waals surface area contributed by atoms with Crippen LogP contribution in [0.5, 0.6) is 0 Å². The Bertz CT molecular complexity index is 958. The third kappa shape index (κ3) is 3.73. The highest BCUT2D eigenvalue weighted by atomic mass is 35.5. The maximum absolute atomic E-state index is 12.4. The molecule has 2 amide bonds. The molecule has 25 heavy (non-hydrogen) atoms. The van der Waals surface area contributed by atoms with E-state index in [9.17, 15) is 13.2 Å². The molecule has 1 aliphatic carbocycles. The van der Waals surface area contributed by atoms with Crippen molar-refractivity contribution in [1.29, 1.82) is 0 Å². The number of amides is 2. The third-order valence-electron chi connectivity index (χ3n) is 3.88. The summed E-state index contributed by atoms with van der Waals surface area (Å²) in [7, 11) is -3.36. The molecule has 0 saturated heterocycles. The minimum Gasteiger partial charge on any atom is -0.306 e. The van der Waals surface area contributed by atoms with E-state index in [1.165, 1.54) is 6.26 Å². The van der Waals surface area contributed by atoms with Crippen molar-refractivity contribution in [2.45, 2.75) is 24.0 Å². The number of halogens is 1. The van der Waals surface area contributed by atoms with E-state index >= 15 is 0 Å². The van der Waals surface area contributed by atoms with E-state index in [4.69, 9.17) is 11.6 Å². The van der Waals surface area contributed by atoms with Crippen LogP contribution >= 0.6 is 22.9 Å². The summed E-state index contributed by atoms with van der Waals surface area (Å²) in [5.74, 6) is 0. The van der Waals surface area contributed by atoms with Gasteiger partial charge in [-0.2, -0.15) is 0 Å². The molecule has 5 nitrogen and oxygen atoms in total. The minimum absolute atomic E-state index is 0.280. The number of carbonyl (C=O) groups excluding carboxylic acids is 1. The topological polar surface area (TPSA) is 75.3 Å². The van der Waals surface area contributed by atoms with E-state index in [0.717, 1.165) is 28.9 Å². The number of fused-ring (bicyclic) bond motifs is 1. The molecule has 1 heterocycles. The van der Waals surface area contributed by atoms with Gasteiger partial charge >= 0.3 is 6.03 Å². The Kier molecular flexibility index (Phi) is 4.90. The molecule has 2 aromatic rings. The zero-order valence-electron chi connectivity index (χ0n) is 13.7. The number of thiophene rings is 1. The predicted octanol–water partition coefficient (Wildman–Crippen LogP) is 4.72. The SMILES string of the molecule is Cc1cccc(Cl)c1NC(=O)Nc1sc(S(C)(=O)=O)c2c1CCC=C2. The summed E-state index contributed by atoms with van der Waals surface area (Å²) in [5.41, 5.74) is 2.92. The Balaban J connectivity index is 1.90. The van der Waals surface area contributed by atoms with E-state index < -0.39 is 15.9 Å². The van der Waals surface area contributed by atoms with E-state index in [1.807, 2.05) is 25.1 Å². The number of nitrogens with one attached hydrogen (secondary N) is 2. The zero-order valence-corrected chi connectivity index (χ0v) is 16.1. The molecule has 0 fully saturated rings. The number of hydrogen-bond donors (Lipinski definition) is 2. The summed E-state index contributed by atoms with van der Waals surface area (Å²) >= 11 is 7.21. The highest BCUT2D eigenvalue weighted by molar-refractivity contribution is 7.93. The average Bonchev–Trinajstić information content (AvgIpc) is 2.90. The van der Waals surface area contributed by atoms with Gasteiger partial charge in [-0.15, -0.1) is 11.3 Å². The molecule has 132 valence electrons. The Morgan fingerprint density at radius 3 is 2.72 bits per heavy atom. The number of rotatable bonds is 3. The number of benzene rings is 1. The lowest BCUT2D eigenvalue weighted by atomic mass is 10.0. The summed E-state index contributed by atoms with van der Waals surface area (Å²) in [5, 5.41) is 6.52. The van der Waals surface area contributed by atoms with Crippen LogP contribution in [-0.4, -0.2) is 20.7 Å². The summed E-state index contributed by atoms with van der Waals surface area (Å²) < 4.78 is 24.3. The molecule has 3 rings (SSSR count). The fourth-order valence-corrected chi connectivity index (χ4v) is 5.40. The molecular formula is C17H17ClN2O3S2. The van der Waals surface area contributed by atoms with Crippen molar-refractivity contribution in [3.63, 3.8) is 0 Å². The van der Waals surface area contributed by atoms with E-state index in [-0.39, 0.29) is 4.21 Å².